The summed E-state index contributed by atoms with van der Waals surface area (Å²) >= 11 is 5.92. The lowest BCUT2D eigenvalue weighted by Gasteiger charge is -2.24. The quantitative estimate of drug-likeness (QED) is 0.763. The van der Waals surface area contributed by atoms with Crippen molar-refractivity contribution in [3.8, 4) is 0 Å². The fourth-order valence-corrected chi connectivity index (χ4v) is 3.78. The van der Waals surface area contributed by atoms with Crippen LogP contribution in [0.15, 0.2) is 36.4 Å². The first-order chi connectivity index (χ1) is 12.5. The molecule has 3 N–H and O–H groups in total. The summed E-state index contributed by atoms with van der Waals surface area (Å²) in [6.07, 6.45) is 1.02. The number of primary amides is 1. The van der Waals surface area contributed by atoms with Crippen LogP contribution in [-0.4, -0.2) is 33.0 Å². The predicted octanol–water partition coefficient (Wildman–Crippen LogP) is 2.46. The highest BCUT2D eigenvalue weighted by Gasteiger charge is 2.23. The Bertz CT molecular complexity index is 1010. The van der Waals surface area contributed by atoms with E-state index in [-0.39, 0.29) is 5.56 Å². The van der Waals surface area contributed by atoms with Gasteiger partial charge in [-0.1, -0.05) is 17.7 Å². The van der Waals surface area contributed by atoms with Crippen LogP contribution in [0.5, 0.6) is 0 Å². The molecule has 0 radical (unpaired) electrons. The van der Waals surface area contributed by atoms with Gasteiger partial charge in [0, 0.05) is 16.3 Å². The van der Waals surface area contributed by atoms with Crippen LogP contribution in [0.2, 0.25) is 5.02 Å². The number of carbonyl (C=O) groups is 2. The molecule has 0 unspecified atom stereocenters. The van der Waals surface area contributed by atoms with Crippen LogP contribution in [-0.2, 0) is 14.8 Å². The summed E-state index contributed by atoms with van der Waals surface area (Å²) in [6.45, 7) is 2.92. The van der Waals surface area contributed by atoms with Crippen molar-refractivity contribution < 1.29 is 18.0 Å². The lowest BCUT2D eigenvalue weighted by atomic mass is 10.1. The molecule has 2 rings (SSSR count). The smallest absolute Gasteiger partial charge is 0.249 e. The van der Waals surface area contributed by atoms with Gasteiger partial charge in [-0.15, -0.1) is 0 Å². The first-order valence-corrected chi connectivity index (χ1v) is 10.2. The Labute approximate surface area is 163 Å². The molecule has 0 aliphatic rings. The van der Waals surface area contributed by atoms with E-state index >= 15 is 0 Å². The van der Waals surface area contributed by atoms with E-state index in [1.165, 1.54) is 0 Å². The minimum absolute atomic E-state index is 0.279. The second-order valence-electron chi connectivity index (χ2n) is 6.09. The van der Waals surface area contributed by atoms with Crippen LogP contribution in [0, 0.1) is 13.8 Å². The van der Waals surface area contributed by atoms with E-state index in [2.05, 4.69) is 5.32 Å². The van der Waals surface area contributed by atoms with Crippen LogP contribution in [0.4, 0.5) is 11.4 Å². The van der Waals surface area contributed by atoms with E-state index in [0.29, 0.717) is 27.5 Å². The molecule has 2 aromatic rings. The fraction of sp³-hybridized carbons (Fsp3) is 0.222. The Morgan fingerprint density at radius 2 is 1.85 bits per heavy atom. The molecule has 2 amide bonds. The molecule has 0 aromatic heterocycles. The number of hydrogen-bond donors (Lipinski definition) is 2. The van der Waals surface area contributed by atoms with Crippen LogP contribution in [0.1, 0.15) is 21.5 Å². The number of benzene rings is 2. The van der Waals surface area contributed by atoms with Crippen molar-refractivity contribution in [2.45, 2.75) is 13.8 Å². The number of aryl methyl sites for hydroxylation is 1. The Balaban J connectivity index is 2.31. The minimum Gasteiger partial charge on any atom is -0.366 e. The molecule has 0 spiro atoms. The molecule has 0 saturated heterocycles. The molecule has 0 fully saturated rings. The Hall–Kier alpha value is -2.58. The number of sulfonamides is 1. The number of halogens is 1. The second-order valence-corrected chi connectivity index (χ2v) is 8.43. The van der Waals surface area contributed by atoms with Crippen molar-refractivity contribution in [3.05, 3.63) is 58.1 Å². The number of rotatable bonds is 6. The van der Waals surface area contributed by atoms with Crippen LogP contribution in [0.3, 0.4) is 0 Å². The number of amides is 2. The first kappa shape index (κ1) is 20.7. The summed E-state index contributed by atoms with van der Waals surface area (Å²) in [7, 11) is -3.72. The molecular formula is C18H20ClN3O4S. The van der Waals surface area contributed by atoms with Gasteiger partial charge in [-0.2, -0.15) is 0 Å². The summed E-state index contributed by atoms with van der Waals surface area (Å²) in [4.78, 5) is 23.9. The highest BCUT2D eigenvalue weighted by molar-refractivity contribution is 7.92. The highest BCUT2D eigenvalue weighted by atomic mass is 35.5. The van der Waals surface area contributed by atoms with Crippen molar-refractivity contribution in [3.63, 3.8) is 0 Å². The standard InChI is InChI=1S/C18H20ClN3O4S/c1-11-9-13(19)7-8-16(11)22(27(3,25)26)10-17(23)21-15-6-4-5-14(12(15)2)18(20)24/h4-9H,10H2,1-3H3,(H2,20,24)(H,21,23). The van der Waals surface area contributed by atoms with Gasteiger partial charge in [0.2, 0.25) is 21.8 Å². The molecule has 0 heterocycles. The van der Waals surface area contributed by atoms with E-state index < -0.39 is 28.4 Å². The summed E-state index contributed by atoms with van der Waals surface area (Å²) in [5.74, 6) is -1.17. The van der Waals surface area contributed by atoms with Gasteiger partial charge in [-0.25, -0.2) is 8.42 Å². The third-order valence-electron chi connectivity index (χ3n) is 3.99. The average Bonchev–Trinajstić information content (AvgIpc) is 2.54. The monoisotopic (exact) mass is 409 g/mol. The number of nitrogens with two attached hydrogens (primary N) is 1. The number of anilines is 2. The molecule has 0 saturated carbocycles. The van der Waals surface area contributed by atoms with Gasteiger partial charge in [-0.3, -0.25) is 13.9 Å². The van der Waals surface area contributed by atoms with Crippen LogP contribution < -0.4 is 15.4 Å². The lowest BCUT2D eigenvalue weighted by molar-refractivity contribution is -0.114. The van der Waals surface area contributed by atoms with E-state index in [0.717, 1.165) is 10.6 Å². The van der Waals surface area contributed by atoms with Gasteiger partial charge in [0.1, 0.15) is 6.54 Å². The summed E-state index contributed by atoms with van der Waals surface area (Å²) in [5.41, 5.74) is 7.46. The zero-order valence-corrected chi connectivity index (χ0v) is 16.7. The minimum atomic E-state index is -3.72. The van der Waals surface area contributed by atoms with Crippen molar-refractivity contribution in [2.75, 3.05) is 22.4 Å². The van der Waals surface area contributed by atoms with Crippen molar-refractivity contribution in [1.82, 2.24) is 0 Å². The zero-order valence-electron chi connectivity index (χ0n) is 15.1. The Kier molecular flexibility index (Phi) is 6.12. The highest BCUT2D eigenvalue weighted by Crippen LogP contribution is 2.26. The second kappa shape index (κ2) is 7.98. The molecule has 0 atom stereocenters. The molecule has 9 heteroatoms. The molecular weight excluding hydrogens is 390 g/mol. The third kappa shape index (κ3) is 4.99. The van der Waals surface area contributed by atoms with Crippen LogP contribution >= 0.6 is 11.6 Å². The predicted molar refractivity (Wildman–Crippen MR) is 107 cm³/mol. The van der Waals surface area contributed by atoms with Gasteiger partial charge >= 0.3 is 0 Å². The molecule has 2 aromatic carbocycles. The number of carbonyl (C=O) groups excluding carboxylic acids is 2. The molecule has 27 heavy (non-hydrogen) atoms. The zero-order chi connectivity index (χ0) is 20.4. The largest absolute Gasteiger partial charge is 0.366 e. The van der Waals surface area contributed by atoms with Gasteiger partial charge in [0.25, 0.3) is 0 Å². The van der Waals surface area contributed by atoms with E-state index in [4.69, 9.17) is 17.3 Å². The average molecular weight is 410 g/mol. The maximum absolute atomic E-state index is 12.5. The third-order valence-corrected chi connectivity index (χ3v) is 5.35. The SMILES string of the molecule is Cc1cc(Cl)ccc1N(CC(=O)Nc1cccc(C(N)=O)c1C)S(C)(=O)=O. The fourth-order valence-electron chi connectivity index (χ4n) is 2.64. The normalized spacial score (nSPS) is 11.1. The van der Waals surface area contributed by atoms with Crippen molar-refractivity contribution in [1.29, 1.82) is 0 Å². The topological polar surface area (TPSA) is 110 Å². The Morgan fingerprint density at radius 1 is 1.19 bits per heavy atom. The van der Waals surface area contributed by atoms with E-state index in [1.54, 1.807) is 50.2 Å². The van der Waals surface area contributed by atoms with Gasteiger partial charge < -0.3 is 11.1 Å². The van der Waals surface area contributed by atoms with Crippen molar-refractivity contribution >= 4 is 44.8 Å². The summed E-state index contributed by atoms with van der Waals surface area (Å²) in [6, 6.07) is 9.46. The maximum Gasteiger partial charge on any atom is 0.249 e. The lowest BCUT2D eigenvalue weighted by Crippen LogP contribution is -2.38. The molecule has 0 aliphatic carbocycles. The molecule has 0 aliphatic heterocycles. The molecule has 7 nitrogen and oxygen atoms in total. The number of nitrogens with one attached hydrogen (secondary N) is 1. The number of nitrogens with zero attached hydrogens (tertiary/aromatic N) is 1. The maximum atomic E-state index is 12.5. The Morgan fingerprint density at radius 3 is 2.41 bits per heavy atom. The van der Waals surface area contributed by atoms with Crippen molar-refractivity contribution in [2.24, 2.45) is 5.73 Å². The van der Waals surface area contributed by atoms with Gasteiger partial charge in [-0.05, 0) is 55.3 Å². The first-order valence-electron chi connectivity index (χ1n) is 7.94. The summed E-state index contributed by atoms with van der Waals surface area (Å²) in [5, 5.41) is 3.10. The van der Waals surface area contributed by atoms with Gasteiger partial charge in [0.15, 0.2) is 0 Å². The molecule has 0 bridgehead atoms. The van der Waals surface area contributed by atoms with E-state index in [9.17, 15) is 18.0 Å². The summed E-state index contributed by atoms with van der Waals surface area (Å²) < 4.78 is 25.4. The molecule has 144 valence electrons. The van der Waals surface area contributed by atoms with Gasteiger partial charge in [0.05, 0.1) is 11.9 Å². The number of hydrogen-bond acceptors (Lipinski definition) is 4. The van der Waals surface area contributed by atoms with E-state index in [1.807, 2.05) is 0 Å². The van der Waals surface area contributed by atoms with Crippen LogP contribution in [0.25, 0.3) is 0 Å².